The second-order valence-electron chi connectivity index (χ2n) is 4.65. The molecule has 0 aliphatic heterocycles. The first-order valence-corrected chi connectivity index (χ1v) is 7.45. The lowest BCUT2D eigenvalue weighted by atomic mass is 10.2. The summed E-state index contributed by atoms with van der Waals surface area (Å²) in [7, 11) is 1.54. The number of aryl methyl sites for hydroxylation is 1. The molecule has 1 heterocycles. The predicted octanol–water partition coefficient (Wildman–Crippen LogP) is 3.50. The van der Waals surface area contributed by atoms with Gasteiger partial charge in [0.1, 0.15) is 11.4 Å². The van der Waals surface area contributed by atoms with E-state index in [0.717, 1.165) is 17.4 Å². The third kappa shape index (κ3) is 3.58. The molecule has 0 bridgehead atoms. The van der Waals surface area contributed by atoms with Crippen LogP contribution in [0.4, 0.5) is 11.4 Å². The maximum absolute atomic E-state index is 12.4. The molecule has 0 atom stereocenters. The summed E-state index contributed by atoms with van der Waals surface area (Å²) >= 11 is 3.40. The van der Waals surface area contributed by atoms with Crippen molar-refractivity contribution in [3.8, 4) is 5.75 Å². The topological polar surface area (TPSA) is 69.3 Å². The smallest absolute Gasteiger partial charge is 0.272 e. The molecule has 0 aliphatic carbocycles. The van der Waals surface area contributed by atoms with Crippen molar-refractivity contribution in [1.82, 2.24) is 4.57 Å². The Bertz CT molecular complexity index is 652. The summed E-state index contributed by atoms with van der Waals surface area (Å²) in [6.45, 7) is 2.86. The van der Waals surface area contributed by atoms with Crippen LogP contribution in [0.1, 0.15) is 23.8 Å². The fourth-order valence-corrected chi connectivity index (χ4v) is 2.54. The van der Waals surface area contributed by atoms with Crippen molar-refractivity contribution < 1.29 is 9.53 Å². The molecule has 0 spiro atoms. The van der Waals surface area contributed by atoms with Crippen LogP contribution in [0.5, 0.6) is 5.75 Å². The van der Waals surface area contributed by atoms with Crippen LogP contribution < -0.4 is 15.8 Å². The fourth-order valence-electron chi connectivity index (χ4n) is 2.08. The molecule has 0 radical (unpaired) electrons. The lowest BCUT2D eigenvalue weighted by Crippen LogP contribution is -2.16. The van der Waals surface area contributed by atoms with Gasteiger partial charge >= 0.3 is 0 Å². The van der Waals surface area contributed by atoms with Gasteiger partial charge in [0, 0.05) is 29.0 Å². The van der Waals surface area contributed by atoms with Crippen molar-refractivity contribution in [3.63, 3.8) is 0 Å². The lowest BCUT2D eigenvalue weighted by Gasteiger charge is -2.10. The Hall–Kier alpha value is -1.95. The number of hydrogen-bond donors (Lipinski definition) is 2. The molecule has 21 heavy (non-hydrogen) atoms. The van der Waals surface area contributed by atoms with E-state index < -0.39 is 0 Å². The van der Waals surface area contributed by atoms with Gasteiger partial charge in [-0.1, -0.05) is 6.92 Å². The third-order valence-corrected chi connectivity index (χ3v) is 3.49. The average Bonchev–Trinajstić information content (AvgIpc) is 2.82. The van der Waals surface area contributed by atoms with Crippen LogP contribution in [0.3, 0.4) is 0 Å². The van der Waals surface area contributed by atoms with E-state index in [1.807, 2.05) is 10.8 Å². The highest BCUT2D eigenvalue weighted by Crippen LogP contribution is 2.25. The summed E-state index contributed by atoms with van der Waals surface area (Å²) in [5.74, 6) is 0.374. The van der Waals surface area contributed by atoms with Gasteiger partial charge in [-0.25, -0.2) is 0 Å². The molecule has 0 fully saturated rings. The van der Waals surface area contributed by atoms with Crippen LogP contribution in [-0.2, 0) is 6.54 Å². The van der Waals surface area contributed by atoms with E-state index in [0.29, 0.717) is 22.8 Å². The molecule has 0 saturated heterocycles. The molecule has 112 valence electrons. The van der Waals surface area contributed by atoms with Crippen molar-refractivity contribution >= 4 is 33.2 Å². The Morgan fingerprint density at radius 1 is 1.43 bits per heavy atom. The molecule has 0 unspecified atom stereocenters. The van der Waals surface area contributed by atoms with Gasteiger partial charge < -0.3 is 20.4 Å². The van der Waals surface area contributed by atoms with Gasteiger partial charge in [-0.05, 0) is 40.5 Å². The molecule has 1 aromatic heterocycles. The van der Waals surface area contributed by atoms with Crippen LogP contribution in [0, 0.1) is 0 Å². The van der Waals surface area contributed by atoms with E-state index in [2.05, 4.69) is 28.2 Å². The third-order valence-electron chi connectivity index (χ3n) is 3.05. The van der Waals surface area contributed by atoms with Crippen molar-refractivity contribution in [3.05, 3.63) is 40.6 Å². The fraction of sp³-hybridized carbons (Fsp3) is 0.267. The maximum Gasteiger partial charge on any atom is 0.272 e. The molecular formula is C15H18BrN3O2. The summed E-state index contributed by atoms with van der Waals surface area (Å²) in [6.07, 6.45) is 2.86. The number of anilines is 2. The minimum atomic E-state index is -0.166. The van der Waals surface area contributed by atoms with Gasteiger partial charge in [-0.15, -0.1) is 0 Å². The van der Waals surface area contributed by atoms with Gasteiger partial charge in [-0.3, -0.25) is 4.79 Å². The maximum atomic E-state index is 12.4. The summed E-state index contributed by atoms with van der Waals surface area (Å²) < 4.78 is 7.96. The van der Waals surface area contributed by atoms with Crippen LogP contribution >= 0.6 is 15.9 Å². The van der Waals surface area contributed by atoms with E-state index >= 15 is 0 Å². The molecule has 6 heteroatoms. The van der Waals surface area contributed by atoms with E-state index in [1.165, 1.54) is 0 Å². The molecule has 1 aromatic carbocycles. The first-order chi connectivity index (χ1) is 10.0. The largest absolute Gasteiger partial charge is 0.495 e. The summed E-state index contributed by atoms with van der Waals surface area (Å²) in [6, 6.07) is 6.96. The first kappa shape index (κ1) is 15.4. The Kier molecular flexibility index (Phi) is 4.90. The van der Waals surface area contributed by atoms with Crippen molar-refractivity contribution in [2.24, 2.45) is 0 Å². The number of amides is 1. The zero-order valence-corrected chi connectivity index (χ0v) is 13.6. The molecule has 0 aliphatic rings. The number of ether oxygens (including phenoxy) is 1. The van der Waals surface area contributed by atoms with E-state index in [4.69, 9.17) is 10.5 Å². The van der Waals surface area contributed by atoms with Crippen LogP contribution in [0.25, 0.3) is 0 Å². The summed E-state index contributed by atoms with van der Waals surface area (Å²) in [4.78, 5) is 12.4. The molecular weight excluding hydrogens is 334 g/mol. The van der Waals surface area contributed by atoms with Gasteiger partial charge in [0.05, 0.1) is 12.8 Å². The van der Waals surface area contributed by atoms with Crippen LogP contribution in [-0.4, -0.2) is 17.6 Å². The van der Waals surface area contributed by atoms with Gasteiger partial charge in [0.2, 0.25) is 0 Å². The highest BCUT2D eigenvalue weighted by Gasteiger charge is 2.13. The normalized spacial score (nSPS) is 10.4. The number of nitrogen functional groups attached to an aromatic ring is 1. The average molecular weight is 352 g/mol. The number of carbonyl (C=O) groups excluding carboxylic acids is 1. The number of hydrogen-bond acceptors (Lipinski definition) is 3. The second-order valence-corrected chi connectivity index (χ2v) is 5.56. The summed E-state index contributed by atoms with van der Waals surface area (Å²) in [5, 5.41) is 2.86. The van der Waals surface area contributed by atoms with Crippen LogP contribution in [0.15, 0.2) is 34.9 Å². The second kappa shape index (κ2) is 6.67. The van der Waals surface area contributed by atoms with Crippen molar-refractivity contribution in [2.75, 3.05) is 18.2 Å². The van der Waals surface area contributed by atoms with Crippen molar-refractivity contribution in [1.29, 1.82) is 0 Å². The Balaban J connectivity index is 2.21. The van der Waals surface area contributed by atoms with Crippen molar-refractivity contribution in [2.45, 2.75) is 19.9 Å². The van der Waals surface area contributed by atoms with Gasteiger partial charge in [-0.2, -0.15) is 0 Å². The van der Waals surface area contributed by atoms with E-state index in [9.17, 15) is 4.79 Å². The number of halogens is 1. The molecule has 0 saturated carbocycles. The standard InChI is InChI=1S/C15H18BrN3O2/c1-3-6-19-9-10(16)7-13(19)15(20)18-11-4-5-12(17)14(8-11)21-2/h4-5,7-9H,3,6,17H2,1-2H3,(H,18,20). The number of nitrogens with zero attached hydrogens (tertiary/aromatic N) is 1. The molecule has 2 rings (SSSR count). The predicted molar refractivity (Wildman–Crippen MR) is 87.8 cm³/mol. The monoisotopic (exact) mass is 351 g/mol. The summed E-state index contributed by atoms with van der Waals surface area (Å²) in [5.41, 5.74) is 7.55. The number of aromatic nitrogens is 1. The Labute approximate surface area is 132 Å². The van der Waals surface area contributed by atoms with E-state index in [-0.39, 0.29) is 5.91 Å². The highest BCUT2D eigenvalue weighted by molar-refractivity contribution is 9.10. The minimum absolute atomic E-state index is 0.166. The minimum Gasteiger partial charge on any atom is -0.495 e. The highest BCUT2D eigenvalue weighted by atomic mass is 79.9. The number of nitrogens with one attached hydrogen (secondary N) is 1. The molecule has 5 nitrogen and oxygen atoms in total. The Morgan fingerprint density at radius 3 is 2.86 bits per heavy atom. The number of rotatable bonds is 5. The molecule has 3 N–H and O–H groups in total. The van der Waals surface area contributed by atoms with Gasteiger partial charge in [0.25, 0.3) is 5.91 Å². The number of nitrogens with two attached hydrogens (primary N) is 1. The quantitative estimate of drug-likeness (QED) is 0.810. The lowest BCUT2D eigenvalue weighted by molar-refractivity contribution is 0.101. The SMILES string of the molecule is CCCn1cc(Br)cc1C(=O)Nc1ccc(N)c(OC)c1. The van der Waals surface area contributed by atoms with E-state index in [1.54, 1.807) is 31.4 Å². The zero-order chi connectivity index (χ0) is 15.4. The Morgan fingerprint density at radius 2 is 2.19 bits per heavy atom. The molecule has 1 amide bonds. The first-order valence-electron chi connectivity index (χ1n) is 6.65. The zero-order valence-electron chi connectivity index (χ0n) is 12.0. The molecule has 2 aromatic rings. The van der Waals surface area contributed by atoms with Gasteiger partial charge in [0.15, 0.2) is 0 Å². The number of benzene rings is 1. The van der Waals surface area contributed by atoms with Crippen LogP contribution in [0.2, 0.25) is 0 Å². The number of carbonyl (C=O) groups is 1. The number of methoxy groups -OCH3 is 1.